The van der Waals surface area contributed by atoms with Crippen molar-refractivity contribution in [2.45, 2.75) is 27.2 Å². The highest BCUT2D eigenvalue weighted by molar-refractivity contribution is 7.20. The van der Waals surface area contributed by atoms with E-state index in [9.17, 15) is 0 Å². The molecule has 0 radical (unpaired) electrons. The van der Waals surface area contributed by atoms with Gasteiger partial charge in [0, 0.05) is 19.8 Å². The summed E-state index contributed by atoms with van der Waals surface area (Å²) in [7, 11) is 0. The van der Waals surface area contributed by atoms with Crippen LogP contribution in [0.2, 0.25) is 0 Å². The van der Waals surface area contributed by atoms with Crippen LogP contribution >= 0.6 is 11.3 Å². The van der Waals surface area contributed by atoms with Gasteiger partial charge in [-0.2, -0.15) is 0 Å². The normalized spacial score (nSPS) is 11.6. The second-order valence-electron chi connectivity index (χ2n) is 4.77. The number of hydrogen-bond donors (Lipinski definition) is 1. The third-order valence-electron chi connectivity index (χ3n) is 2.36. The number of rotatable bonds is 7. The number of nitrogens with one attached hydrogen (secondary N) is 1. The van der Waals surface area contributed by atoms with Gasteiger partial charge >= 0.3 is 0 Å². The standard InChI is InChI=1S/C12H20N4OS/c1-9(2)8-17-6-4-5-13-11-15-16-7-10(3)14-12(16)18-11/h7,9H,4-6,8H2,1-3H3,(H,13,15). The molecule has 0 bridgehead atoms. The van der Waals surface area contributed by atoms with Gasteiger partial charge in [-0.3, -0.25) is 0 Å². The van der Waals surface area contributed by atoms with Crippen molar-refractivity contribution in [3.05, 3.63) is 11.9 Å². The van der Waals surface area contributed by atoms with E-state index in [2.05, 4.69) is 29.2 Å². The zero-order valence-electron chi connectivity index (χ0n) is 11.1. The molecule has 6 heteroatoms. The summed E-state index contributed by atoms with van der Waals surface area (Å²) in [6, 6.07) is 0. The third kappa shape index (κ3) is 3.68. The highest BCUT2D eigenvalue weighted by atomic mass is 32.1. The molecule has 100 valence electrons. The van der Waals surface area contributed by atoms with E-state index in [1.165, 1.54) is 0 Å². The lowest BCUT2D eigenvalue weighted by atomic mass is 10.2. The maximum absolute atomic E-state index is 5.52. The van der Waals surface area contributed by atoms with Gasteiger partial charge in [0.1, 0.15) is 0 Å². The van der Waals surface area contributed by atoms with Gasteiger partial charge in [0.2, 0.25) is 10.1 Å². The second-order valence-corrected chi connectivity index (χ2v) is 5.72. The van der Waals surface area contributed by atoms with Crippen LogP contribution in [-0.2, 0) is 4.74 Å². The molecule has 18 heavy (non-hydrogen) atoms. The molecular weight excluding hydrogens is 248 g/mol. The summed E-state index contributed by atoms with van der Waals surface area (Å²) in [4.78, 5) is 5.30. The molecule has 0 amide bonds. The minimum Gasteiger partial charge on any atom is -0.381 e. The molecule has 0 atom stereocenters. The van der Waals surface area contributed by atoms with Crippen molar-refractivity contribution in [3.8, 4) is 0 Å². The Bertz CT molecular complexity index is 460. The number of fused-ring (bicyclic) bond motifs is 1. The predicted molar refractivity (Wildman–Crippen MR) is 74.4 cm³/mol. The molecule has 0 aliphatic carbocycles. The molecule has 0 aliphatic heterocycles. The van der Waals surface area contributed by atoms with Gasteiger partial charge in [0.05, 0.1) is 11.9 Å². The Hall–Kier alpha value is -1.14. The summed E-state index contributed by atoms with van der Waals surface area (Å²) in [5.74, 6) is 0.605. The van der Waals surface area contributed by atoms with Crippen LogP contribution in [-0.4, -0.2) is 34.4 Å². The summed E-state index contributed by atoms with van der Waals surface area (Å²) in [6.07, 6.45) is 2.93. The van der Waals surface area contributed by atoms with Crippen molar-refractivity contribution >= 4 is 21.4 Å². The lowest BCUT2D eigenvalue weighted by Gasteiger charge is -2.06. The first-order valence-electron chi connectivity index (χ1n) is 6.29. The highest BCUT2D eigenvalue weighted by Gasteiger charge is 2.05. The fraction of sp³-hybridized carbons (Fsp3) is 0.667. The van der Waals surface area contributed by atoms with Crippen LogP contribution in [0.4, 0.5) is 5.13 Å². The van der Waals surface area contributed by atoms with E-state index in [1.807, 2.05) is 17.6 Å². The van der Waals surface area contributed by atoms with Crippen LogP contribution in [0.15, 0.2) is 6.20 Å². The van der Waals surface area contributed by atoms with E-state index in [-0.39, 0.29) is 0 Å². The first-order valence-corrected chi connectivity index (χ1v) is 7.11. The average Bonchev–Trinajstić information content (AvgIpc) is 2.79. The van der Waals surface area contributed by atoms with Crippen molar-refractivity contribution in [1.82, 2.24) is 14.6 Å². The lowest BCUT2D eigenvalue weighted by molar-refractivity contribution is 0.110. The molecule has 2 rings (SSSR count). The van der Waals surface area contributed by atoms with Gasteiger partial charge in [-0.25, -0.2) is 9.50 Å². The Labute approximate surface area is 111 Å². The number of hydrogen-bond acceptors (Lipinski definition) is 5. The second kappa shape index (κ2) is 6.15. The first-order chi connectivity index (χ1) is 8.65. The molecule has 2 aromatic rings. The molecule has 0 saturated carbocycles. The lowest BCUT2D eigenvalue weighted by Crippen LogP contribution is -2.08. The topological polar surface area (TPSA) is 51.5 Å². The number of ether oxygens (including phenoxy) is 1. The molecule has 0 aliphatic rings. The highest BCUT2D eigenvalue weighted by Crippen LogP contribution is 2.18. The van der Waals surface area contributed by atoms with Crippen LogP contribution in [0, 0.1) is 12.8 Å². The van der Waals surface area contributed by atoms with Crippen LogP contribution in [0.25, 0.3) is 4.96 Å². The fourth-order valence-corrected chi connectivity index (χ4v) is 2.42. The maximum Gasteiger partial charge on any atom is 0.214 e. The molecule has 2 heterocycles. The van der Waals surface area contributed by atoms with Crippen molar-refractivity contribution in [2.75, 3.05) is 25.1 Å². The molecule has 0 aromatic carbocycles. The van der Waals surface area contributed by atoms with Gasteiger partial charge < -0.3 is 10.1 Å². The third-order valence-corrected chi connectivity index (χ3v) is 3.24. The van der Waals surface area contributed by atoms with Gasteiger partial charge in [-0.05, 0) is 19.3 Å². The number of anilines is 1. The number of nitrogens with zero attached hydrogens (tertiary/aromatic N) is 3. The largest absolute Gasteiger partial charge is 0.381 e. The predicted octanol–water partition coefficient (Wildman–Crippen LogP) is 2.57. The molecular formula is C12H20N4OS. The van der Waals surface area contributed by atoms with Crippen LogP contribution in [0.5, 0.6) is 0 Å². The Balaban J connectivity index is 1.68. The molecule has 0 spiro atoms. The molecule has 2 aromatic heterocycles. The number of imidazole rings is 1. The average molecular weight is 268 g/mol. The smallest absolute Gasteiger partial charge is 0.214 e. The first kappa shape index (κ1) is 13.3. The van der Waals surface area contributed by atoms with Crippen LogP contribution in [0.3, 0.4) is 0 Å². The Morgan fingerprint density at radius 3 is 3.06 bits per heavy atom. The number of aromatic nitrogens is 3. The van der Waals surface area contributed by atoms with E-state index in [1.54, 1.807) is 11.3 Å². The summed E-state index contributed by atoms with van der Waals surface area (Å²) in [6.45, 7) is 8.81. The molecule has 0 fully saturated rings. The van der Waals surface area contributed by atoms with Crippen molar-refractivity contribution in [1.29, 1.82) is 0 Å². The summed E-state index contributed by atoms with van der Waals surface area (Å²) in [5.41, 5.74) is 1.00. The van der Waals surface area contributed by atoms with Crippen molar-refractivity contribution in [3.63, 3.8) is 0 Å². The minimum absolute atomic E-state index is 0.605. The Morgan fingerprint density at radius 2 is 2.33 bits per heavy atom. The van der Waals surface area contributed by atoms with Gasteiger partial charge in [0.15, 0.2) is 0 Å². The van der Waals surface area contributed by atoms with E-state index in [4.69, 9.17) is 4.74 Å². The summed E-state index contributed by atoms with van der Waals surface area (Å²) in [5, 5.41) is 8.61. The van der Waals surface area contributed by atoms with E-state index < -0.39 is 0 Å². The number of aryl methyl sites for hydroxylation is 1. The molecule has 0 saturated heterocycles. The molecule has 1 N–H and O–H groups in total. The van der Waals surface area contributed by atoms with E-state index in [0.29, 0.717) is 5.92 Å². The SMILES string of the molecule is Cc1cn2nc(NCCCOCC(C)C)sc2n1. The van der Waals surface area contributed by atoms with Gasteiger partial charge in [-0.1, -0.05) is 25.2 Å². The molecule has 5 nitrogen and oxygen atoms in total. The monoisotopic (exact) mass is 268 g/mol. The Morgan fingerprint density at radius 1 is 1.50 bits per heavy atom. The summed E-state index contributed by atoms with van der Waals surface area (Å²) < 4.78 is 7.34. The quantitative estimate of drug-likeness (QED) is 0.784. The fourth-order valence-electron chi connectivity index (χ4n) is 1.57. The van der Waals surface area contributed by atoms with Crippen molar-refractivity contribution in [2.24, 2.45) is 5.92 Å². The van der Waals surface area contributed by atoms with Gasteiger partial charge in [-0.15, -0.1) is 5.10 Å². The zero-order valence-corrected chi connectivity index (χ0v) is 12.0. The van der Waals surface area contributed by atoms with Crippen LogP contribution < -0.4 is 5.32 Å². The summed E-state index contributed by atoms with van der Waals surface area (Å²) >= 11 is 1.58. The Kier molecular flexibility index (Phi) is 4.54. The maximum atomic E-state index is 5.52. The van der Waals surface area contributed by atoms with E-state index in [0.717, 1.165) is 42.0 Å². The molecule has 0 unspecified atom stereocenters. The van der Waals surface area contributed by atoms with Crippen molar-refractivity contribution < 1.29 is 4.74 Å². The minimum atomic E-state index is 0.605. The van der Waals surface area contributed by atoms with Crippen LogP contribution in [0.1, 0.15) is 26.0 Å². The van der Waals surface area contributed by atoms with Gasteiger partial charge in [0.25, 0.3) is 0 Å². The van der Waals surface area contributed by atoms with E-state index >= 15 is 0 Å². The zero-order chi connectivity index (χ0) is 13.0.